The lowest BCUT2D eigenvalue weighted by Crippen LogP contribution is -2.13. The van der Waals surface area contributed by atoms with E-state index in [0.717, 1.165) is 13.1 Å². The number of aromatic nitrogens is 2. The largest absolute Gasteiger partial charge is 0.307 e. The number of nitrogens with zero attached hydrogens (tertiary/aromatic N) is 2. The van der Waals surface area contributed by atoms with Crippen LogP contribution in [0, 0.1) is 0 Å². The molecule has 1 N–H and O–H groups in total. The van der Waals surface area contributed by atoms with Gasteiger partial charge >= 0.3 is 0 Å². The maximum atomic E-state index is 4.72. The Bertz CT molecular complexity index is 366. The predicted octanol–water partition coefficient (Wildman–Crippen LogP) is 1.63. The SMILES string of the molecule is Cn1nc(C2CCCSC2)c2c1CNC2. The van der Waals surface area contributed by atoms with E-state index in [1.165, 1.54) is 41.3 Å². The quantitative estimate of drug-likeness (QED) is 0.785. The highest BCUT2D eigenvalue weighted by Crippen LogP contribution is 2.34. The first kappa shape index (κ1) is 9.73. The molecule has 1 aromatic heterocycles. The van der Waals surface area contributed by atoms with Crippen molar-refractivity contribution >= 4 is 11.8 Å². The second-order valence-corrected chi connectivity index (χ2v) is 5.60. The molecule has 2 aliphatic heterocycles. The maximum Gasteiger partial charge on any atom is 0.0711 e. The number of rotatable bonds is 1. The molecule has 1 fully saturated rings. The van der Waals surface area contributed by atoms with E-state index in [4.69, 9.17) is 5.10 Å². The fourth-order valence-electron chi connectivity index (χ4n) is 2.63. The average molecular weight is 223 g/mol. The molecule has 4 heteroatoms. The van der Waals surface area contributed by atoms with Crippen molar-refractivity contribution in [2.45, 2.75) is 31.8 Å². The van der Waals surface area contributed by atoms with E-state index in [2.05, 4.69) is 28.8 Å². The molecule has 0 spiro atoms. The molecular weight excluding hydrogens is 206 g/mol. The molecular formula is C11H17N3S. The fraction of sp³-hybridized carbons (Fsp3) is 0.727. The van der Waals surface area contributed by atoms with Crippen LogP contribution in [-0.4, -0.2) is 21.3 Å². The minimum atomic E-state index is 0.707. The Morgan fingerprint density at radius 2 is 2.40 bits per heavy atom. The highest BCUT2D eigenvalue weighted by molar-refractivity contribution is 7.99. The van der Waals surface area contributed by atoms with Crippen molar-refractivity contribution in [3.63, 3.8) is 0 Å². The third kappa shape index (κ3) is 1.60. The van der Waals surface area contributed by atoms with Gasteiger partial charge in [0.15, 0.2) is 0 Å². The molecule has 15 heavy (non-hydrogen) atoms. The summed E-state index contributed by atoms with van der Waals surface area (Å²) in [5.74, 6) is 3.31. The van der Waals surface area contributed by atoms with Crippen LogP contribution >= 0.6 is 11.8 Å². The summed E-state index contributed by atoms with van der Waals surface area (Å²) in [4.78, 5) is 0. The summed E-state index contributed by atoms with van der Waals surface area (Å²) in [5, 5.41) is 8.14. The Kier molecular flexibility index (Phi) is 2.48. The van der Waals surface area contributed by atoms with E-state index in [1.807, 2.05) is 0 Å². The van der Waals surface area contributed by atoms with Gasteiger partial charge in [0, 0.05) is 37.4 Å². The van der Waals surface area contributed by atoms with Gasteiger partial charge in [0.25, 0.3) is 0 Å². The number of nitrogens with one attached hydrogen (secondary N) is 1. The van der Waals surface area contributed by atoms with Gasteiger partial charge in [0.05, 0.1) is 11.4 Å². The van der Waals surface area contributed by atoms with Crippen molar-refractivity contribution < 1.29 is 0 Å². The predicted molar refractivity (Wildman–Crippen MR) is 63.1 cm³/mol. The van der Waals surface area contributed by atoms with Gasteiger partial charge in [-0.3, -0.25) is 4.68 Å². The van der Waals surface area contributed by atoms with Gasteiger partial charge in [-0.15, -0.1) is 0 Å². The third-order valence-corrected chi connectivity index (χ3v) is 4.66. The van der Waals surface area contributed by atoms with Crippen LogP contribution in [0.25, 0.3) is 0 Å². The van der Waals surface area contributed by atoms with E-state index < -0.39 is 0 Å². The zero-order chi connectivity index (χ0) is 10.3. The molecule has 2 aliphatic rings. The smallest absolute Gasteiger partial charge is 0.0711 e. The highest BCUT2D eigenvalue weighted by Gasteiger charge is 2.27. The van der Waals surface area contributed by atoms with Crippen LogP contribution in [0.2, 0.25) is 0 Å². The lowest BCUT2D eigenvalue weighted by molar-refractivity contribution is 0.598. The van der Waals surface area contributed by atoms with Crippen LogP contribution in [0.4, 0.5) is 0 Å². The molecule has 0 saturated carbocycles. The molecule has 3 rings (SSSR count). The molecule has 0 aliphatic carbocycles. The molecule has 0 radical (unpaired) electrons. The molecule has 1 atom stereocenters. The van der Waals surface area contributed by atoms with E-state index in [1.54, 1.807) is 0 Å². The summed E-state index contributed by atoms with van der Waals surface area (Å²) in [6.45, 7) is 2.03. The highest BCUT2D eigenvalue weighted by atomic mass is 32.2. The molecule has 1 aromatic rings. The zero-order valence-corrected chi connectivity index (χ0v) is 9.94. The minimum Gasteiger partial charge on any atom is -0.307 e. The molecule has 0 bridgehead atoms. The summed E-state index contributed by atoms with van der Waals surface area (Å²) >= 11 is 2.08. The first-order valence-electron chi connectivity index (χ1n) is 5.69. The summed E-state index contributed by atoms with van der Waals surface area (Å²) in [6.07, 6.45) is 2.69. The van der Waals surface area contributed by atoms with Gasteiger partial charge in [0.2, 0.25) is 0 Å². The number of aryl methyl sites for hydroxylation is 1. The van der Waals surface area contributed by atoms with Crippen molar-refractivity contribution in [3.05, 3.63) is 17.0 Å². The lowest BCUT2D eigenvalue weighted by Gasteiger charge is -2.20. The van der Waals surface area contributed by atoms with Crippen LogP contribution in [0.3, 0.4) is 0 Å². The second kappa shape index (κ2) is 3.83. The first-order chi connectivity index (χ1) is 7.36. The van der Waals surface area contributed by atoms with Gasteiger partial charge in [-0.05, 0) is 18.6 Å². The Balaban J connectivity index is 1.93. The van der Waals surface area contributed by atoms with Gasteiger partial charge < -0.3 is 5.32 Å². The maximum absolute atomic E-state index is 4.72. The summed E-state index contributed by atoms with van der Waals surface area (Å²) in [7, 11) is 2.07. The van der Waals surface area contributed by atoms with Crippen molar-refractivity contribution in [2.24, 2.45) is 7.05 Å². The van der Waals surface area contributed by atoms with Crippen molar-refractivity contribution in [1.29, 1.82) is 0 Å². The number of fused-ring (bicyclic) bond motifs is 1. The van der Waals surface area contributed by atoms with E-state index >= 15 is 0 Å². The zero-order valence-electron chi connectivity index (χ0n) is 9.12. The number of hydrogen-bond donors (Lipinski definition) is 1. The molecule has 0 amide bonds. The van der Waals surface area contributed by atoms with Crippen LogP contribution in [0.1, 0.15) is 35.7 Å². The molecule has 1 unspecified atom stereocenters. The van der Waals surface area contributed by atoms with Gasteiger partial charge in [-0.2, -0.15) is 16.9 Å². The molecule has 1 saturated heterocycles. The average Bonchev–Trinajstić information content (AvgIpc) is 2.84. The van der Waals surface area contributed by atoms with Gasteiger partial charge in [-0.25, -0.2) is 0 Å². The Morgan fingerprint density at radius 3 is 3.20 bits per heavy atom. The van der Waals surface area contributed by atoms with Gasteiger partial charge in [0.1, 0.15) is 0 Å². The summed E-state index contributed by atoms with van der Waals surface area (Å²) in [6, 6.07) is 0. The topological polar surface area (TPSA) is 29.9 Å². The molecule has 3 heterocycles. The summed E-state index contributed by atoms with van der Waals surface area (Å²) in [5.41, 5.74) is 4.27. The van der Waals surface area contributed by atoms with E-state index in [-0.39, 0.29) is 0 Å². The Labute approximate surface area is 94.6 Å². The lowest BCUT2D eigenvalue weighted by atomic mass is 9.98. The van der Waals surface area contributed by atoms with Crippen LogP contribution in [0.15, 0.2) is 0 Å². The number of hydrogen-bond acceptors (Lipinski definition) is 3. The van der Waals surface area contributed by atoms with Crippen LogP contribution in [-0.2, 0) is 20.1 Å². The number of thioether (sulfide) groups is 1. The van der Waals surface area contributed by atoms with Crippen molar-refractivity contribution in [2.75, 3.05) is 11.5 Å². The van der Waals surface area contributed by atoms with Gasteiger partial charge in [-0.1, -0.05) is 0 Å². The monoisotopic (exact) mass is 223 g/mol. The Morgan fingerprint density at radius 1 is 1.47 bits per heavy atom. The fourth-order valence-corrected chi connectivity index (χ4v) is 3.78. The normalized spacial score (nSPS) is 25.5. The van der Waals surface area contributed by atoms with Crippen LogP contribution < -0.4 is 5.32 Å². The van der Waals surface area contributed by atoms with Crippen LogP contribution in [0.5, 0.6) is 0 Å². The standard InChI is InChI=1S/C11H17N3S/c1-14-10-6-12-5-9(10)11(13-14)8-3-2-4-15-7-8/h8,12H,2-7H2,1H3. The van der Waals surface area contributed by atoms with E-state index in [0.29, 0.717) is 5.92 Å². The first-order valence-corrected chi connectivity index (χ1v) is 6.85. The molecule has 3 nitrogen and oxygen atoms in total. The van der Waals surface area contributed by atoms with Crippen molar-refractivity contribution in [3.8, 4) is 0 Å². The second-order valence-electron chi connectivity index (χ2n) is 4.45. The van der Waals surface area contributed by atoms with Crippen molar-refractivity contribution in [1.82, 2.24) is 15.1 Å². The molecule has 82 valence electrons. The molecule has 0 aromatic carbocycles. The van der Waals surface area contributed by atoms with E-state index in [9.17, 15) is 0 Å². The third-order valence-electron chi connectivity index (χ3n) is 3.45. The minimum absolute atomic E-state index is 0.707. The summed E-state index contributed by atoms with van der Waals surface area (Å²) < 4.78 is 2.07. The Hall–Kier alpha value is -0.480.